The fourth-order valence-electron chi connectivity index (χ4n) is 1.46. The topological polar surface area (TPSA) is 49.8 Å². The fourth-order valence-corrected chi connectivity index (χ4v) is 1.46. The van der Waals surface area contributed by atoms with Gasteiger partial charge in [-0.25, -0.2) is 0 Å². The van der Waals surface area contributed by atoms with E-state index in [0.29, 0.717) is 11.8 Å². The van der Waals surface area contributed by atoms with Gasteiger partial charge in [-0.05, 0) is 11.8 Å². The molecule has 0 saturated heterocycles. The zero-order chi connectivity index (χ0) is 9.02. The number of hydrogen-bond donors (Lipinski definition) is 1. The van der Waals surface area contributed by atoms with Crippen molar-refractivity contribution < 1.29 is 0 Å². The van der Waals surface area contributed by atoms with Crippen molar-refractivity contribution in [3.63, 3.8) is 0 Å². The SMILES string of the molecule is CC(C)[C](C(C)C)C(N)C#N. The molecular weight excluding hydrogens is 136 g/mol. The molecule has 0 aliphatic carbocycles. The fraction of sp³-hybridized carbons (Fsp3) is 0.778. The maximum absolute atomic E-state index is 8.61. The van der Waals surface area contributed by atoms with Gasteiger partial charge in [0.2, 0.25) is 0 Å². The summed E-state index contributed by atoms with van der Waals surface area (Å²) in [4.78, 5) is 0. The zero-order valence-electron chi connectivity index (χ0n) is 7.76. The van der Waals surface area contributed by atoms with Crippen molar-refractivity contribution in [3.8, 4) is 6.07 Å². The Bertz CT molecular complexity index is 136. The third-order valence-electron chi connectivity index (χ3n) is 1.83. The lowest BCUT2D eigenvalue weighted by Crippen LogP contribution is -2.33. The quantitative estimate of drug-likeness (QED) is 0.671. The molecule has 2 nitrogen and oxygen atoms in total. The summed E-state index contributed by atoms with van der Waals surface area (Å²) in [5.74, 6) is 1.96. The third kappa shape index (κ3) is 2.90. The summed E-state index contributed by atoms with van der Waals surface area (Å²) in [7, 11) is 0. The summed E-state index contributed by atoms with van der Waals surface area (Å²) in [6.07, 6.45) is 0. The molecule has 63 valence electrons. The Kier molecular flexibility index (Phi) is 4.14. The van der Waals surface area contributed by atoms with Gasteiger partial charge in [0, 0.05) is 5.92 Å². The highest BCUT2D eigenvalue weighted by atomic mass is 14.7. The van der Waals surface area contributed by atoms with Crippen LogP contribution >= 0.6 is 0 Å². The smallest absolute Gasteiger partial charge is 0.0996 e. The van der Waals surface area contributed by atoms with Gasteiger partial charge in [-0.2, -0.15) is 5.26 Å². The van der Waals surface area contributed by atoms with Crippen LogP contribution in [0, 0.1) is 29.1 Å². The number of rotatable bonds is 3. The van der Waals surface area contributed by atoms with Crippen molar-refractivity contribution in [2.45, 2.75) is 33.7 Å². The summed E-state index contributed by atoms with van der Waals surface area (Å²) < 4.78 is 0. The number of nitrogens with two attached hydrogens (primary N) is 1. The second-order valence-corrected chi connectivity index (χ2v) is 3.42. The molecule has 1 radical (unpaired) electrons. The molecule has 0 aliphatic heterocycles. The third-order valence-corrected chi connectivity index (χ3v) is 1.83. The van der Waals surface area contributed by atoms with Gasteiger partial charge in [-0.3, -0.25) is 0 Å². The van der Waals surface area contributed by atoms with Crippen LogP contribution in [0.25, 0.3) is 0 Å². The van der Waals surface area contributed by atoms with Crippen LogP contribution in [0.2, 0.25) is 0 Å². The van der Waals surface area contributed by atoms with Gasteiger partial charge in [0.25, 0.3) is 0 Å². The number of hydrogen-bond acceptors (Lipinski definition) is 2. The molecule has 1 atom stereocenters. The van der Waals surface area contributed by atoms with Crippen LogP contribution in [0.15, 0.2) is 0 Å². The predicted molar refractivity (Wildman–Crippen MR) is 46.5 cm³/mol. The molecule has 0 bridgehead atoms. The van der Waals surface area contributed by atoms with Crippen LogP contribution in [0.4, 0.5) is 0 Å². The highest BCUT2D eigenvalue weighted by Gasteiger charge is 2.24. The van der Waals surface area contributed by atoms with Crippen molar-refractivity contribution in [1.29, 1.82) is 5.26 Å². The zero-order valence-corrected chi connectivity index (χ0v) is 7.76. The minimum absolute atomic E-state index is 0.394. The molecule has 11 heavy (non-hydrogen) atoms. The normalized spacial score (nSPS) is 14.1. The molecule has 0 heterocycles. The van der Waals surface area contributed by atoms with E-state index in [1.165, 1.54) is 0 Å². The summed E-state index contributed by atoms with van der Waals surface area (Å²) >= 11 is 0. The minimum Gasteiger partial charge on any atom is -0.315 e. The average Bonchev–Trinajstić information content (AvgIpc) is 1.85. The van der Waals surface area contributed by atoms with Crippen LogP contribution in [0.3, 0.4) is 0 Å². The summed E-state index contributed by atoms with van der Waals surface area (Å²) in [6.45, 7) is 8.30. The van der Waals surface area contributed by atoms with E-state index < -0.39 is 6.04 Å². The molecule has 0 aliphatic rings. The van der Waals surface area contributed by atoms with Crippen LogP contribution in [-0.2, 0) is 0 Å². The highest BCUT2D eigenvalue weighted by Crippen LogP contribution is 2.24. The van der Waals surface area contributed by atoms with Crippen molar-refractivity contribution in [1.82, 2.24) is 0 Å². The molecule has 0 aromatic heterocycles. The summed E-state index contributed by atoms with van der Waals surface area (Å²) in [6, 6.07) is 1.67. The summed E-state index contributed by atoms with van der Waals surface area (Å²) in [5, 5.41) is 8.61. The van der Waals surface area contributed by atoms with E-state index in [4.69, 9.17) is 11.0 Å². The van der Waals surface area contributed by atoms with Crippen LogP contribution in [-0.4, -0.2) is 6.04 Å². The second kappa shape index (κ2) is 4.35. The van der Waals surface area contributed by atoms with E-state index in [1.54, 1.807) is 0 Å². The van der Waals surface area contributed by atoms with Crippen LogP contribution in [0.5, 0.6) is 0 Å². The molecule has 0 aromatic rings. The molecule has 1 unspecified atom stereocenters. The molecule has 0 aromatic carbocycles. The van der Waals surface area contributed by atoms with Gasteiger partial charge in [0.05, 0.1) is 12.1 Å². The van der Waals surface area contributed by atoms with E-state index in [0.717, 1.165) is 5.92 Å². The Balaban J connectivity index is 4.24. The highest BCUT2D eigenvalue weighted by molar-refractivity contribution is 5.13. The van der Waals surface area contributed by atoms with Gasteiger partial charge >= 0.3 is 0 Å². The van der Waals surface area contributed by atoms with E-state index >= 15 is 0 Å². The van der Waals surface area contributed by atoms with E-state index in [-0.39, 0.29) is 0 Å². The van der Waals surface area contributed by atoms with Crippen molar-refractivity contribution in [2.75, 3.05) is 0 Å². The van der Waals surface area contributed by atoms with Crippen molar-refractivity contribution >= 4 is 0 Å². The molecule has 0 fully saturated rings. The lowest BCUT2D eigenvalue weighted by molar-refractivity contribution is 0.473. The van der Waals surface area contributed by atoms with Gasteiger partial charge in [0.1, 0.15) is 0 Å². The van der Waals surface area contributed by atoms with Crippen LogP contribution < -0.4 is 5.73 Å². The first kappa shape index (κ1) is 10.4. The predicted octanol–water partition coefficient (Wildman–Crippen LogP) is 1.72. The first-order chi connectivity index (χ1) is 5.00. The molecule has 0 rings (SSSR count). The maximum atomic E-state index is 8.61. The Labute approximate surface area is 69.4 Å². The van der Waals surface area contributed by atoms with Gasteiger partial charge in [-0.15, -0.1) is 0 Å². The van der Waals surface area contributed by atoms with Crippen molar-refractivity contribution in [3.05, 3.63) is 5.92 Å². The van der Waals surface area contributed by atoms with Crippen molar-refractivity contribution in [2.24, 2.45) is 17.6 Å². The molecular formula is C9H17N2. The Morgan fingerprint density at radius 3 is 1.64 bits per heavy atom. The van der Waals surface area contributed by atoms with Gasteiger partial charge < -0.3 is 5.73 Å². The largest absolute Gasteiger partial charge is 0.315 e. The Morgan fingerprint density at radius 1 is 1.18 bits per heavy atom. The second-order valence-electron chi connectivity index (χ2n) is 3.42. The maximum Gasteiger partial charge on any atom is 0.0996 e. The molecule has 0 spiro atoms. The number of nitriles is 1. The van der Waals surface area contributed by atoms with Gasteiger partial charge in [0.15, 0.2) is 0 Å². The minimum atomic E-state index is -0.394. The van der Waals surface area contributed by atoms with E-state index in [1.807, 2.05) is 0 Å². The monoisotopic (exact) mass is 153 g/mol. The lowest BCUT2D eigenvalue weighted by Gasteiger charge is -2.25. The Morgan fingerprint density at radius 2 is 1.55 bits per heavy atom. The molecule has 0 amide bonds. The van der Waals surface area contributed by atoms with Crippen LogP contribution in [0.1, 0.15) is 27.7 Å². The first-order valence-electron chi connectivity index (χ1n) is 4.02. The lowest BCUT2D eigenvalue weighted by atomic mass is 9.81. The average molecular weight is 153 g/mol. The molecule has 0 saturated carbocycles. The number of nitrogens with zero attached hydrogens (tertiary/aromatic N) is 1. The van der Waals surface area contributed by atoms with E-state index in [9.17, 15) is 0 Å². The molecule has 2 N–H and O–H groups in total. The molecule has 2 heteroatoms. The summed E-state index contributed by atoms with van der Waals surface area (Å²) in [5.41, 5.74) is 5.62. The Hall–Kier alpha value is -0.550. The first-order valence-corrected chi connectivity index (χ1v) is 4.02. The van der Waals surface area contributed by atoms with Gasteiger partial charge in [-0.1, -0.05) is 27.7 Å². The standard InChI is InChI=1S/C9H17N2/c1-6(2)9(7(3)4)8(11)5-10/h6-8H,11H2,1-4H3. The van der Waals surface area contributed by atoms with E-state index in [2.05, 4.69) is 33.8 Å².